The van der Waals surface area contributed by atoms with Gasteiger partial charge in [-0.2, -0.15) is 11.8 Å². The maximum Gasteiger partial charge on any atom is 0.259 e. The molecule has 1 amide bonds. The van der Waals surface area contributed by atoms with Gasteiger partial charge in [0.25, 0.3) is 5.56 Å². The zero-order valence-electron chi connectivity index (χ0n) is 17.8. The summed E-state index contributed by atoms with van der Waals surface area (Å²) >= 11 is 3.34. The van der Waals surface area contributed by atoms with Crippen molar-refractivity contribution in [1.82, 2.24) is 14.9 Å². The molecule has 5 rings (SSSR count). The van der Waals surface area contributed by atoms with Crippen LogP contribution in [0.3, 0.4) is 0 Å². The molecule has 1 atom stereocenters. The first-order chi connectivity index (χ1) is 15.1. The first-order valence-corrected chi connectivity index (χ1v) is 13.0. The van der Waals surface area contributed by atoms with Gasteiger partial charge in [0.2, 0.25) is 5.91 Å². The molecule has 0 spiro atoms. The summed E-state index contributed by atoms with van der Waals surface area (Å²) in [5.41, 5.74) is 3.69. The first-order valence-electron chi connectivity index (χ1n) is 11.1. The fourth-order valence-electron chi connectivity index (χ4n) is 4.88. The zero-order valence-corrected chi connectivity index (χ0v) is 19.4. The molecule has 1 aromatic carbocycles. The third kappa shape index (κ3) is 4.17. The number of hydrogen-bond acceptors (Lipinski definition) is 5. The van der Waals surface area contributed by atoms with E-state index in [1.807, 2.05) is 0 Å². The highest BCUT2D eigenvalue weighted by molar-refractivity contribution is 7.98. The molecule has 5 nitrogen and oxygen atoms in total. The molecule has 1 fully saturated rings. The number of aryl methyl sites for hydroxylation is 3. The smallest absolute Gasteiger partial charge is 0.259 e. The van der Waals surface area contributed by atoms with Crippen LogP contribution in [0.4, 0.5) is 0 Å². The lowest BCUT2D eigenvalue weighted by Crippen LogP contribution is -2.30. The molecule has 7 heteroatoms. The van der Waals surface area contributed by atoms with Gasteiger partial charge in [0, 0.05) is 23.6 Å². The number of aromatic nitrogens is 2. The van der Waals surface area contributed by atoms with E-state index in [0.717, 1.165) is 54.6 Å². The Labute approximate surface area is 190 Å². The summed E-state index contributed by atoms with van der Waals surface area (Å²) in [6.07, 6.45) is 5.83. The number of fused-ring (bicyclic) bond motifs is 3. The molecule has 2 aromatic heterocycles. The van der Waals surface area contributed by atoms with Crippen LogP contribution in [0, 0.1) is 6.92 Å². The van der Waals surface area contributed by atoms with Crippen LogP contribution in [-0.2, 0) is 23.4 Å². The number of nitrogens with one attached hydrogen (secondary N) is 1. The van der Waals surface area contributed by atoms with Crippen molar-refractivity contribution < 1.29 is 4.79 Å². The van der Waals surface area contributed by atoms with Crippen molar-refractivity contribution in [3.8, 4) is 0 Å². The molecule has 0 radical (unpaired) electrons. The molecule has 3 aromatic rings. The molecule has 31 heavy (non-hydrogen) atoms. The molecular formula is C24H27N3O2S2. The number of likely N-dealkylation sites (tertiary alicyclic amines) is 1. The van der Waals surface area contributed by atoms with Crippen LogP contribution in [-0.4, -0.2) is 33.1 Å². The molecule has 0 bridgehead atoms. The lowest BCUT2D eigenvalue weighted by atomic mass is 10.0. The van der Waals surface area contributed by atoms with Crippen LogP contribution in [0.1, 0.15) is 59.1 Å². The van der Waals surface area contributed by atoms with Crippen LogP contribution in [0.15, 0.2) is 29.1 Å². The Bertz CT molecular complexity index is 1180. The number of carbonyl (C=O) groups is 1. The highest BCUT2D eigenvalue weighted by Crippen LogP contribution is 2.35. The number of carbonyl (C=O) groups excluding carboxylic acids is 1. The van der Waals surface area contributed by atoms with Crippen molar-refractivity contribution in [2.45, 2.75) is 57.2 Å². The van der Waals surface area contributed by atoms with Gasteiger partial charge in [-0.15, -0.1) is 11.3 Å². The topological polar surface area (TPSA) is 66.1 Å². The fourth-order valence-corrected chi connectivity index (χ4v) is 6.95. The van der Waals surface area contributed by atoms with E-state index in [1.165, 1.54) is 21.6 Å². The fraction of sp³-hybridized carbons (Fsp3) is 0.458. The molecular weight excluding hydrogens is 426 g/mol. The van der Waals surface area contributed by atoms with Crippen molar-refractivity contribution in [3.05, 3.63) is 62.0 Å². The van der Waals surface area contributed by atoms with Crippen molar-refractivity contribution in [3.63, 3.8) is 0 Å². The standard InChI is InChI=1S/C24H27N3O2S2/c1-15-5-2-6-16(13-15)18-8-4-11-27(18)21(28)10-12-30-14-20-25-23(29)22-17-7-3-9-19(17)31-24(22)26-20/h2,5-6,13,18H,3-4,7-12,14H2,1H3,(H,25,26,29). The highest BCUT2D eigenvalue weighted by Gasteiger charge is 2.29. The molecule has 1 saturated heterocycles. The van der Waals surface area contributed by atoms with Gasteiger partial charge in [-0.1, -0.05) is 29.8 Å². The van der Waals surface area contributed by atoms with Crippen molar-refractivity contribution in [2.24, 2.45) is 0 Å². The van der Waals surface area contributed by atoms with E-state index in [4.69, 9.17) is 4.98 Å². The second kappa shape index (κ2) is 8.79. The molecule has 1 aliphatic carbocycles. The minimum absolute atomic E-state index is 0.00543. The van der Waals surface area contributed by atoms with Gasteiger partial charge < -0.3 is 9.88 Å². The lowest BCUT2D eigenvalue weighted by molar-refractivity contribution is -0.131. The van der Waals surface area contributed by atoms with E-state index >= 15 is 0 Å². The summed E-state index contributed by atoms with van der Waals surface area (Å²) in [4.78, 5) is 37.4. The normalized spacial score (nSPS) is 18.1. The van der Waals surface area contributed by atoms with E-state index in [0.29, 0.717) is 18.0 Å². The Balaban J connectivity index is 1.18. The van der Waals surface area contributed by atoms with Gasteiger partial charge in [-0.25, -0.2) is 4.98 Å². The zero-order chi connectivity index (χ0) is 21.4. The van der Waals surface area contributed by atoms with Crippen LogP contribution >= 0.6 is 23.1 Å². The molecule has 1 unspecified atom stereocenters. The third-order valence-corrected chi connectivity index (χ3v) is 8.48. The summed E-state index contributed by atoms with van der Waals surface area (Å²) in [5, 5.41) is 0.803. The molecule has 162 valence electrons. The second-order valence-electron chi connectivity index (χ2n) is 8.51. The minimum Gasteiger partial charge on any atom is -0.336 e. The number of nitrogens with zero attached hydrogens (tertiary/aromatic N) is 2. The summed E-state index contributed by atoms with van der Waals surface area (Å²) in [6, 6.07) is 8.72. The largest absolute Gasteiger partial charge is 0.336 e. The number of aromatic amines is 1. The minimum atomic E-state index is -0.00543. The van der Waals surface area contributed by atoms with Gasteiger partial charge >= 0.3 is 0 Å². The Morgan fingerprint density at radius 3 is 3.10 bits per heavy atom. The Morgan fingerprint density at radius 2 is 2.23 bits per heavy atom. The maximum atomic E-state index is 12.9. The van der Waals surface area contributed by atoms with Crippen LogP contribution in [0.2, 0.25) is 0 Å². The lowest BCUT2D eigenvalue weighted by Gasteiger charge is -2.25. The van der Waals surface area contributed by atoms with Gasteiger partial charge in [0.15, 0.2) is 0 Å². The molecule has 1 aliphatic heterocycles. The molecule has 2 aliphatic rings. The van der Waals surface area contributed by atoms with Crippen LogP contribution in [0.5, 0.6) is 0 Å². The predicted octanol–water partition coefficient (Wildman–Crippen LogP) is 4.77. The van der Waals surface area contributed by atoms with Gasteiger partial charge in [0.05, 0.1) is 17.2 Å². The van der Waals surface area contributed by atoms with E-state index in [1.54, 1.807) is 23.1 Å². The predicted molar refractivity (Wildman–Crippen MR) is 128 cm³/mol. The van der Waals surface area contributed by atoms with Crippen LogP contribution in [0.25, 0.3) is 10.2 Å². The first kappa shape index (κ1) is 20.8. The maximum absolute atomic E-state index is 12.9. The van der Waals surface area contributed by atoms with Gasteiger partial charge in [-0.3, -0.25) is 9.59 Å². The highest BCUT2D eigenvalue weighted by atomic mass is 32.2. The number of benzene rings is 1. The quantitative estimate of drug-likeness (QED) is 0.546. The summed E-state index contributed by atoms with van der Waals surface area (Å²) < 4.78 is 0. The molecule has 1 N–H and O–H groups in total. The number of thioether (sulfide) groups is 1. The van der Waals surface area contributed by atoms with Crippen molar-refractivity contribution >= 4 is 39.2 Å². The van der Waals surface area contributed by atoms with Crippen LogP contribution < -0.4 is 5.56 Å². The second-order valence-corrected chi connectivity index (χ2v) is 10.7. The summed E-state index contributed by atoms with van der Waals surface area (Å²) in [7, 11) is 0. The van der Waals surface area contributed by atoms with Crippen molar-refractivity contribution in [1.29, 1.82) is 0 Å². The summed E-state index contributed by atoms with van der Waals surface area (Å²) in [6.45, 7) is 2.94. The number of H-pyrrole nitrogens is 1. The number of amides is 1. The Morgan fingerprint density at radius 1 is 1.32 bits per heavy atom. The number of thiophene rings is 1. The summed E-state index contributed by atoms with van der Waals surface area (Å²) in [5.74, 6) is 2.30. The van der Waals surface area contributed by atoms with Crippen molar-refractivity contribution in [2.75, 3.05) is 12.3 Å². The average molecular weight is 454 g/mol. The SMILES string of the molecule is Cc1cccc(C2CCCN2C(=O)CCSCc2nc3sc4c(c3c(=O)[nH]2)CCC4)c1. The van der Waals surface area contributed by atoms with E-state index in [-0.39, 0.29) is 17.5 Å². The Hall–Kier alpha value is -2.12. The van der Waals surface area contributed by atoms with E-state index in [2.05, 4.69) is 41.1 Å². The van der Waals surface area contributed by atoms with Gasteiger partial charge in [-0.05, 0) is 50.2 Å². The third-order valence-electron chi connectivity index (χ3n) is 6.32. The Kier molecular flexibility index (Phi) is 5.89. The van der Waals surface area contributed by atoms with Gasteiger partial charge in [0.1, 0.15) is 10.7 Å². The molecule has 3 heterocycles. The monoisotopic (exact) mass is 453 g/mol. The van der Waals surface area contributed by atoms with E-state index in [9.17, 15) is 9.59 Å². The van der Waals surface area contributed by atoms with E-state index < -0.39 is 0 Å². The average Bonchev–Trinajstić information content (AvgIpc) is 3.46. The number of rotatable bonds is 6. The number of hydrogen-bond donors (Lipinski definition) is 1. The molecule has 0 saturated carbocycles.